The van der Waals surface area contributed by atoms with Crippen LogP contribution in [0.2, 0.25) is 0 Å². The van der Waals surface area contributed by atoms with E-state index in [0.717, 1.165) is 28.6 Å². The van der Waals surface area contributed by atoms with Gasteiger partial charge in [-0.1, -0.05) is 6.07 Å². The van der Waals surface area contributed by atoms with E-state index in [1.807, 2.05) is 0 Å². The van der Waals surface area contributed by atoms with Crippen LogP contribution in [0.5, 0.6) is 0 Å². The van der Waals surface area contributed by atoms with Crippen molar-refractivity contribution in [1.82, 2.24) is 4.31 Å². The first-order valence-corrected chi connectivity index (χ1v) is 10.9. The summed E-state index contributed by atoms with van der Waals surface area (Å²) < 4.78 is 62.5. The van der Waals surface area contributed by atoms with Gasteiger partial charge >= 0.3 is 0 Å². The van der Waals surface area contributed by atoms with Crippen molar-refractivity contribution >= 4 is 31.5 Å². The van der Waals surface area contributed by atoms with Crippen LogP contribution in [0.3, 0.4) is 0 Å². The van der Waals surface area contributed by atoms with E-state index in [9.17, 15) is 26.0 Å². The number of halogens is 1. The number of nitrogens with zero attached hydrogens (tertiary/aromatic N) is 1. The highest BCUT2D eigenvalue weighted by Gasteiger charge is 2.19. The predicted molar refractivity (Wildman–Crippen MR) is 99.0 cm³/mol. The highest BCUT2D eigenvalue weighted by atomic mass is 32.2. The topological polar surface area (TPSA) is 101 Å². The average molecular weight is 414 g/mol. The number of hydrogen-bond donors (Lipinski definition) is 1. The Morgan fingerprint density at radius 3 is 2.22 bits per heavy atom. The fraction of sp³-hybridized carbons (Fsp3) is 0.235. The first kappa shape index (κ1) is 21.0. The van der Waals surface area contributed by atoms with Crippen molar-refractivity contribution < 1.29 is 26.0 Å². The van der Waals surface area contributed by atoms with Crippen LogP contribution in [0.1, 0.15) is 6.42 Å². The summed E-state index contributed by atoms with van der Waals surface area (Å²) in [6.07, 6.45) is -0.329. The third-order valence-electron chi connectivity index (χ3n) is 3.67. The van der Waals surface area contributed by atoms with E-state index in [-0.39, 0.29) is 21.9 Å². The summed E-state index contributed by atoms with van der Waals surface area (Å²) in [4.78, 5) is 12.0. The molecule has 1 N–H and O–H groups in total. The van der Waals surface area contributed by atoms with Crippen LogP contribution in [-0.2, 0) is 24.7 Å². The van der Waals surface area contributed by atoms with Gasteiger partial charge in [-0.3, -0.25) is 4.79 Å². The average Bonchev–Trinajstić information content (AvgIpc) is 2.60. The molecule has 0 aliphatic heterocycles. The Bertz CT molecular complexity index is 1030. The van der Waals surface area contributed by atoms with Gasteiger partial charge < -0.3 is 5.32 Å². The third kappa shape index (κ3) is 5.34. The molecule has 0 atom stereocenters. The molecule has 0 radical (unpaired) electrons. The zero-order valence-corrected chi connectivity index (χ0v) is 16.3. The second kappa shape index (κ2) is 8.15. The molecule has 0 unspecified atom stereocenters. The summed E-state index contributed by atoms with van der Waals surface area (Å²) in [5.74, 6) is -1.60. The lowest BCUT2D eigenvalue weighted by molar-refractivity contribution is -0.115. The normalized spacial score (nSPS) is 12.1. The van der Waals surface area contributed by atoms with E-state index in [1.165, 1.54) is 38.4 Å². The lowest BCUT2D eigenvalue weighted by atomic mass is 10.3. The molecule has 0 spiro atoms. The largest absolute Gasteiger partial charge is 0.326 e. The summed E-state index contributed by atoms with van der Waals surface area (Å²) in [7, 11) is -4.61. The number of nitrogens with one attached hydrogen (secondary N) is 1. The maximum Gasteiger partial charge on any atom is 0.242 e. The molecule has 10 heteroatoms. The number of carbonyl (C=O) groups excluding carboxylic acids is 1. The van der Waals surface area contributed by atoms with Crippen molar-refractivity contribution in [2.45, 2.75) is 16.2 Å². The quantitative estimate of drug-likeness (QED) is 0.697. The number of amides is 1. The molecule has 0 saturated heterocycles. The fourth-order valence-corrected chi connectivity index (χ4v) is 4.34. The van der Waals surface area contributed by atoms with Gasteiger partial charge in [-0.25, -0.2) is 25.5 Å². The van der Waals surface area contributed by atoms with Crippen LogP contribution in [0.15, 0.2) is 58.3 Å². The van der Waals surface area contributed by atoms with Crippen LogP contribution < -0.4 is 5.32 Å². The molecular formula is C17H19FN2O5S2. The first-order valence-electron chi connectivity index (χ1n) is 7.83. The van der Waals surface area contributed by atoms with Gasteiger partial charge in [-0.05, 0) is 42.5 Å². The van der Waals surface area contributed by atoms with E-state index >= 15 is 0 Å². The molecule has 0 aliphatic rings. The molecule has 1 amide bonds. The molecule has 2 rings (SSSR count). The Kier molecular flexibility index (Phi) is 6.34. The lowest BCUT2D eigenvalue weighted by Gasteiger charge is -2.12. The first-order chi connectivity index (χ1) is 12.5. The Labute approximate surface area is 157 Å². The molecule has 0 bridgehead atoms. The highest BCUT2D eigenvalue weighted by Crippen LogP contribution is 2.18. The molecule has 0 saturated carbocycles. The highest BCUT2D eigenvalue weighted by molar-refractivity contribution is 7.91. The van der Waals surface area contributed by atoms with Gasteiger partial charge in [0, 0.05) is 26.2 Å². The standard InChI is InChI=1S/C17H19FN2O5S2/c1-20(2)27(24,25)16-5-3-4-14(12-16)19-17(21)10-11-26(22,23)15-8-6-13(18)7-9-15/h3-9,12H,10-11H2,1-2H3,(H,19,21). The van der Waals surface area contributed by atoms with Crippen LogP contribution >= 0.6 is 0 Å². The monoisotopic (exact) mass is 414 g/mol. The van der Waals surface area contributed by atoms with E-state index in [2.05, 4.69) is 5.32 Å². The number of sulfonamides is 1. The van der Waals surface area contributed by atoms with Gasteiger partial charge in [-0.2, -0.15) is 0 Å². The number of carbonyl (C=O) groups is 1. The number of rotatable bonds is 7. The van der Waals surface area contributed by atoms with Crippen molar-refractivity contribution in [3.05, 3.63) is 54.3 Å². The predicted octanol–water partition coefficient (Wildman–Crippen LogP) is 1.88. The van der Waals surface area contributed by atoms with Crippen LogP contribution in [-0.4, -0.2) is 46.9 Å². The summed E-state index contributed by atoms with van der Waals surface area (Å²) in [6, 6.07) is 10.00. The van der Waals surface area contributed by atoms with Gasteiger partial charge in [0.1, 0.15) is 5.82 Å². The Balaban J connectivity index is 2.05. The minimum absolute atomic E-state index is 0.00392. The van der Waals surface area contributed by atoms with Crippen molar-refractivity contribution in [2.75, 3.05) is 25.2 Å². The Morgan fingerprint density at radius 1 is 1.00 bits per heavy atom. The van der Waals surface area contributed by atoms with Gasteiger partial charge in [0.15, 0.2) is 9.84 Å². The number of sulfone groups is 1. The molecule has 146 valence electrons. The van der Waals surface area contributed by atoms with E-state index in [4.69, 9.17) is 0 Å². The smallest absolute Gasteiger partial charge is 0.242 e. The van der Waals surface area contributed by atoms with Crippen LogP contribution in [0.25, 0.3) is 0 Å². The number of benzene rings is 2. The number of hydrogen-bond acceptors (Lipinski definition) is 5. The summed E-state index contributed by atoms with van der Waals surface area (Å²) in [5, 5.41) is 2.48. The molecule has 2 aromatic carbocycles. The maximum absolute atomic E-state index is 12.9. The van der Waals surface area contributed by atoms with Gasteiger partial charge in [0.2, 0.25) is 15.9 Å². The minimum atomic E-state index is -3.74. The zero-order valence-electron chi connectivity index (χ0n) is 14.7. The molecule has 27 heavy (non-hydrogen) atoms. The third-order valence-corrected chi connectivity index (χ3v) is 7.21. The minimum Gasteiger partial charge on any atom is -0.326 e. The zero-order chi connectivity index (χ0) is 20.2. The SMILES string of the molecule is CN(C)S(=O)(=O)c1cccc(NC(=O)CCS(=O)(=O)c2ccc(F)cc2)c1. The maximum atomic E-state index is 12.9. The summed E-state index contributed by atoms with van der Waals surface area (Å²) in [6.45, 7) is 0. The molecule has 2 aromatic rings. The van der Waals surface area contributed by atoms with Crippen LogP contribution in [0, 0.1) is 5.82 Å². The van der Waals surface area contributed by atoms with E-state index in [0.29, 0.717) is 0 Å². The van der Waals surface area contributed by atoms with Gasteiger partial charge in [-0.15, -0.1) is 0 Å². The molecule has 7 nitrogen and oxygen atoms in total. The van der Waals surface area contributed by atoms with Gasteiger partial charge in [0.05, 0.1) is 15.5 Å². The van der Waals surface area contributed by atoms with Crippen molar-refractivity contribution in [2.24, 2.45) is 0 Å². The molecule has 0 aromatic heterocycles. The van der Waals surface area contributed by atoms with Crippen molar-refractivity contribution in [3.8, 4) is 0 Å². The molecule has 0 aliphatic carbocycles. The lowest BCUT2D eigenvalue weighted by Crippen LogP contribution is -2.22. The summed E-state index contributed by atoms with van der Waals surface area (Å²) >= 11 is 0. The molecule has 0 fully saturated rings. The number of anilines is 1. The van der Waals surface area contributed by atoms with Gasteiger partial charge in [0.25, 0.3) is 0 Å². The fourth-order valence-electron chi connectivity index (χ4n) is 2.16. The molecule has 0 heterocycles. The second-order valence-electron chi connectivity index (χ2n) is 5.89. The summed E-state index contributed by atoms with van der Waals surface area (Å²) in [5.41, 5.74) is 0.238. The van der Waals surface area contributed by atoms with Crippen molar-refractivity contribution in [3.63, 3.8) is 0 Å². The van der Waals surface area contributed by atoms with Crippen molar-refractivity contribution in [1.29, 1.82) is 0 Å². The van der Waals surface area contributed by atoms with E-state index in [1.54, 1.807) is 0 Å². The molecular weight excluding hydrogens is 395 g/mol. The van der Waals surface area contributed by atoms with E-state index < -0.39 is 37.3 Å². The Morgan fingerprint density at radius 2 is 1.63 bits per heavy atom. The second-order valence-corrected chi connectivity index (χ2v) is 10.1. The van der Waals surface area contributed by atoms with Crippen LogP contribution in [0.4, 0.5) is 10.1 Å². The Hall–Kier alpha value is -2.30.